The van der Waals surface area contributed by atoms with E-state index < -0.39 is 0 Å². The summed E-state index contributed by atoms with van der Waals surface area (Å²) in [5, 5.41) is 9.21. The summed E-state index contributed by atoms with van der Waals surface area (Å²) in [5.74, 6) is 0.146. The maximum absolute atomic E-state index is 13.3. The summed E-state index contributed by atoms with van der Waals surface area (Å²) in [6.45, 7) is 1.75. The Bertz CT molecular complexity index is 1020. The minimum absolute atomic E-state index is 0.148. The van der Waals surface area contributed by atoms with E-state index in [-0.39, 0.29) is 11.7 Å². The zero-order valence-electron chi connectivity index (χ0n) is 16.0. The third-order valence-corrected chi connectivity index (χ3v) is 4.74. The summed E-state index contributed by atoms with van der Waals surface area (Å²) in [4.78, 5) is 20.2. The zero-order valence-corrected chi connectivity index (χ0v) is 16.0. The van der Waals surface area contributed by atoms with Crippen molar-refractivity contribution in [3.8, 4) is 17.0 Å². The van der Waals surface area contributed by atoms with E-state index in [4.69, 9.17) is 4.74 Å². The number of amides is 1. The molecule has 1 aromatic carbocycles. The molecule has 0 unspecified atom stereocenters. The van der Waals surface area contributed by atoms with Gasteiger partial charge in [0, 0.05) is 42.7 Å². The lowest BCUT2D eigenvalue weighted by Gasteiger charge is -2.15. The van der Waals surface area contributed by atoms with Crippen molar-refractivity contribution in [1.29, 1.82) is 0 Å². The molecular formula is C21H22FN5O2. The number of nitrogens with zero attached hydrogens (tertiary/aromatic N) is 1. The van der Waals surface area contributed by atoms with E-state index in [0.717, 1.165) is 17.0 Å². The number of ether oxygens (including phenoxy) is 1. The number of carbonyl (C=O) groups is 1. The molecule has 3 heterocycles. The van der Waals surface area contributed by atoms with Crippen molar-refractivity contribution in [2.24, 2.45) is 0 Å². The lowest BCUT2D eigenvalue weighted by atomic mass is 10.0. The smallest absolute Gasteiger partial charge is 0.255 e. The molecule has 1 amide bonds. The number of H-pyrrole nitrogens is 1. The number of benzene rings is 1. The normalized spacial score (nSPS) is 13.0. The maximum Gasteiger partial charge on any atom is 0.255 e. The second kappa shape index (κ2) is 8.32. The summed E-state index contributed by atoms with van der Waals surface area (Å²) in [6, 6.07) is 7.87. The van der Waals surface area contributed by atoms with Crippen molar-refractivity contribution in [2.75, 3.05) is 32.1 Å². The third kappa shape index (κ3) is 3.93. The Morgan fingerprint density at radius 3 is 2.86 bits per heavy atom. The molecule has 29 heavy (non-hydrogen) atoms. The second-order valence-electron chi connectivity index (χ2n) is 6.69. The van der Waals surface area contributed by atoms with Gasteiger partial charge in [-0.05, 0) is 37.4 Å². The molecule has 2 aromatic heterocycles. The minimum Gasteiger partial charge on any atom is -0.490 e. The monoisotopic (exact) mass is 395 g/mol. The number of carbonyl (C=O) groups excluding carboxylic acids is 1. The Balaban J connectivity index is 1.79. The molecule has 7 nitrogen and oxygen atoms in total. The van der Waals surface area contributed by atoms with Crippen LogP contribution in [0.15, 0.2) is 42.7 Å². The molecule has 0 bridgehead atoms. The molecule has 0 aliphatic carbocycles. The van der Waals surface area contributed by atoms with Crippen LogP contribution in [0.1, 0.15) is 16.1 Å². The van der Waals surface area contributed by atoms with E-state index in [2.05, 4.69) is 25.9 Å². The van der Waals surface area contributed by atoms with Crippen LogP contribution in [0.3, 0.4) is 0 Å². The summed E-state index contributed by atoms with van der Waals surface area (Å²) in [7, 11) is 1.86. The van der Waals surface area contributed by atoms with Crippen LogP contribution in [0, 0.1) is 5.82 Å². The first kappa shape index (κ1) is 18.9. The van der Waals surface area contributed by atoms with E-state index in [1.807, 2.05) is 13.1 Å². The van der Waals surface area contributed by atoms with E-state index in [1.54, 1.807) is 24.5 Å². The molecule has 8 heteroatoms. The third-order valence-electron chi connectivity index (χ3n) is 4.74. The molecule has 0 fully saturated rings. The van der Waals surface area contributed by atoms with Gasteiger partial charge in [0.25, 0.3) is 5.91 Å². The zero-order chi connectivity index (χ0) is 20.2. The summed E-state index contributed by atoms with van der Waals surface area (Å²) >= 11 is 0. The molecule has 4 rings (SSSR count). The fourth-order valence-electron chi connectivity index (χ4n) is 3.35. The number of fused-ring (bicyclic) bond motifs is 1. The highest BCUT2D eigenvalue weighted by atomic mass is 19.1. The number of aromatic amines is 1. The molecule has 0 saturated heterocycles. The molecular weight excluding hydrogens is 373 g/mol. The summed E-state index contributed by atoms with van der Waals surface area (Å²) < 4.78 is 19.2. The largest absolute Gasteiger partial charge is 0.490 e. The van der Waals surface area contributed by atoms with Crippen molar-refractivity contribution in [3.05, 3.63) is 59.8 Å². The van der Waals surface area contributed by atoms with Gasteiger partial charge in [-0.3, -0.25) is 9.78 Å². The number of likely N-dealkylation sites (N-methyl/N-ethyl adjacent to an activating group) is 1. The lowest BCUT2D eigenvalue weighted by Crippen LogP contribution is -2.31. The molecule has 0 saturated carbocycles. The first-order chi connectivity index (χ1) is 14.2. The Morgan fingerprint density at radius 1 is 1.24 bits per heavy atom. The highest BCUT2D eigenvalue weighted by Gasteiger charge is 2.28. The van der Waals surface area contributed by atoms with Gasteiger partial charge < -0.3 is 25.7 Å². The van der Waals surface area contributed by atoms with Crippen LogP contribution < -0.4 is 20.7 Å². The first-order valence-corrected chi connectivity index (χ1v) is 9.45. The molecule has 1 aliphatic heterocycles. The van der Waals surface area contributed by atoms with Gasteiger partial charge in [0.2, 0.25) is 0 Å². The van der Waals surface area contributed by atoms with Crippen LogP contribution in [0.25, 0.3) is 11.3 Å². The van der Waals surface area contributed by atoms with Gasteiger partial charge in [0.1, 0.15) is 18.2 Å². The Hall–Kier alpha value is -3.39. The number of hydrogen-bond donors (Lipinski definition) is 4. The number of hydrogen-bond acceptors (Lipinski definition) is 5. The van der Waals surface area contributed by atoms with Gasteiger partial charge in [0.05, 0.1) is 23.1 Å². The van der Waals surface area contributed by atoms with Crippen molar-refractivity contribution in [3.63, 3.8) is 0 Å². The number of anilines is 2. The number of pyridine rings is 1. The van der Waals surface area contributed by atoms with Gasteiger partial charge in [-0.2, -0.15) is 0 Å². The number of aromatic nitrogens is 2. The van der Waals surface area contributed by atoms with Crippen molar-refractivity contribution in [1.82, 2.24) is 20.6 Å². The minimum atomic E-state index is -0.320. The highest BCUT2D eigenvalue weighted by molar-refractivity contribution is 6.06. The Labute approximate surface area is 167 Å². The quantitative estimate of drug-likeness (QED) is 0.462. The van der Waals surface area contributed by atoms with Crippen LogP contribution in [0.5, 0.6) is 5.75 Å². The van der Waals surface area contributed by atoms with E-state index in [0.29, 0.717) is 48.8 Å². The van der Waals surface area contributed by atoms with E-state index in [9.17, 15) is 9.18 Å². The molecule has 150 valence electrons. The summed E-state index contributed by atoms with van der Waals surface area (Å²) in [6.07, 6.45) is 4.04. The molecule has 0 atom stereocenters. The highest BCUT2D eigenvalue weighted by Crippen LogP contribution is 2.40. The number of nitrogens with one attached hydrogen (secondary N) is 4. The Kier molecular flexibility index (Phi) is 5.44. The summed E-state index contributed by atoms with van der Waals surface area (Å²) in [5.41, 5.74) is 4.26. The molecule has 0 radical (unpaired) electrons. The number of halogens is 1. The van der Waals surface area contributed by atoms with Crippen LogP contribution in [-0.2, 0) is 6.42 Å². The van der Waals surface area contributed by atoms with Gasteiger partial charge in [0.15, 0.2) is 0 Å². The molecule has 1 aliphatic rings. The SMILES string of the molecule is CNCCOc1cnccc1-c1[nH]c2c(c1Nc1ccc(F)cc1)C(=O)NCC2. The van der Waals surface area contributed by atoms with Crippen molar-refractivity contribution >= 4 is 17.3 Å². The first-order valence-electron chi connectivity index (χ1n) is 9.45. The van der Waals surface area contributed by atoms with Crippen LogP contribution >= 0.6 is 0 Å². The molecule has 3 aromatic rings. The van der Waals surface area contributed by atoms with Gasteiger partial charge in [-0.25, -0.2) is 4.39 Å². The standard InChI is InChI=1S/C21H22FN5O2/c1-23-10-11-29-17-12-24-8-6-15(17)19-20(26-14-4-2-13(22)3-5-14)18-16(27-19)7-9-25-21(18)28/h2-6,8,12,23,26-27H,7,9-11H2,1H3,(H,25,28). The fourth-order valence-corrected chi connectivity index (χ4v) is 3.35. The van der Waals surface area contributed by atoms with Gasteiger partial charge in [-0.15, -0.1) is 0 Å². The fraction of sp³-hybridized carbons (Fsp3) is 0.238. The predicted molar refractivity (Wildman–Crippen MR) is 109 cm³/mol. The Morgan fingerprint density at radius 2 is 2.07 bits per heavy atom. The van der Waals surface area contributed by atoms with Crippen LogP contribution in [-0.4, -0.2) is 42.6 Å². The van der Waals surface area contributed by atoms with E-state index in [1.165, 1.54) is 12.1 Å². The van der Waals surface area contributed by atoms with Crippen molar-refractivity contribution < 1.29 is 13.9 Å². The average molecular weight is 395 g/mol. The van der Waals surface area contributed by atoms with Crippen LogP contribution in [0.2, 0.25) is 0 Å². The van der Waals surface area contributed by atoms with E-state index >= 15 is 0 Å². The van der Waals surface area contributed by atoms with Crippen molar-refractivity contribution in [2.45, 2.75) is 6.42 Å². The topological polar surface area (TPSA) is 91.1 Å². The van der Waals surface area contributed by atoms with Crippen LogP contribution in [0.4, 0.5) is 15.8 Å². The predicted octanol–water partition coefficient (Wildman–Crippen LogP) is 2.84. The molecule has 0 spiro atoms. The van der Waals surface area contributed by atoms with Gasteiger partial charge >= 0.3 is 0 Å². The second-order valence-corrected chi connectivity index (χ2v) is 6.69. The maximum atomic E-state index is 13.3. The van der Waals surface area contributed by atoms with Gasteiger partial charge in [-0.1, -0.05) is 0 Å². The molecule has 4 N–H and O–H groups in total. The average Bonchev–Trinajstić information content (AvgIpc) is 3.10. The number of rotatable bonds is 7. The lowest BCUT2D eigenvalue weighted by molar-refractivity contribution is 0.0947.